The topological polar surface area (TPSA) is 75.2 Å². The van der Waals surface area contributed by atoms with E-state index in [1.54, 1.807) is 0 Å². The Morgan fingerprint density at radius 3 is 2.13 bits per heavy atom. The molecule has 2 rings (SSSR count). The van der Waals surface area contributed by atoms with Crippen LogP contribution < -0.4 is 9.62 Å². The maximum atomic E-state index is 11.3. The lowest BCUT2D eigenvalue weighted by atomic mass is 10.0. The smallest absolute Gasteiger partial charge is 0.225 e. The molecule has 1 aliphatic heterocycles. The molecule has 0 saturated carbocycles. The minimum Gasteiger partial charge on any atom is -0.341 e. The highest BCUT2D eigenvalue weighted by atomic mass is 32.2. The number of nitrogens with zero attached hydrogens (tertiary/aromatic N) is 3. The molecular weight excluding hydrogens is 312 g/mol. The minimum absolute atomic E-state index is 0.0173. The molecule has 0 spiro atoms. The SMILES string of the molecule is Cc1nc(N2CCC(NS(C)(=O)=O)CC2)nc(C)c1CC(C)C. The van der Waals surface area contributed by atoms with Crippen LogP contribution in [0.3, 0.4) is 0 Å². The third kappa shape index (κ3) is 5.14. The molecule has 1 fully saturated rings. The van der Waals surface area contributed by atoms with Crippen molar-refractivity contribution in [2.75, 3.05) is 24.2 Å². The highest BCUT2D eigenvalue weighted by molar-refractivity contribution is 7.88. The summed E-state index contributed by atoms with van der Waals surface area (Å²) in [5, 5.41) is 0. The third-order valence-corrected chi connectivity index (χ3v) is 4.94. The summed E-state index contributed by atoms with van der Waals surface area (Å²) in [5.74, 6) is 1.35. The van der Waals surface area contributed by atoms with E-state index in [0.29, 0.717) is 5.92 Å². The number of hydrogen-bond acceptors (Lipinski definition) is 5. The Balaban J connectivity index is 2.07. The zero-order chi connectivity index (χ0) is 17.2. The predicted octanol–water partition coefficient (Wildman–Crippen LogP) is 1.81. The van der Waals surface area contributed by atoms with Crippen molar-refractivity contribution in [1.82, 2.24) is 14.7 Å². The first-order chi connectivity index (χ1) is 10.7. The standard InChI is InChI=1S/C16H28N4O2S/c1-11(2)10-15-12(3)17-16(18-13(15)4)20-8-6-14(7-9-20)19-23(5,21)22/h11,14,19H,6-10H2,1-5H3. The Hall–Kier alpha value is -1.21. The predicted molar refractivity (Wildman–Crippen MR) is 93.3 cm³/mol. The lowest BCUT2D eigenvalue weighted by Crippen LogP contribution is -2.44. The van der Waals surface area contributed by atoms with Crippen LogP contribution in [0, 0.1) is 19.8 Å². The lowest BCUT2D eigenvalue weighted by Gasteiger charge is -2.32. The van der Waals surface area contributed by atoms with Crippen molar-refractivity contribution in [3.63, 3.8) is 0 Å². The summed E-state index contributed by atoms with van der Waals surface area (Å²) < 4.78 is 25.3. The van der Waals surface area contributed by atoms with Gasteiger partial charge in [0.1, 0.15) is 0 Å². The van der Waals surface area contributed by atoms with Gasteiger partial charge in [-0.1, -0.05) is 13.8 Å². The molecule has 7 heteroatoms. The molecule has 0 amide bonds. The first-order valence-corrected chi connectivity index (χ1v) is 10.1. The van der Waals surface area contributed by atoms with Gasteiger partial charge in [-0.25, -0.2) is 23.1 Å². The Labute approximate surface area is 139 Å². The van der Waals surface area contributed by atoms with Crippen LogP contribution in [-0.4, -0.2) is 43.8 Å². The molecule has 23 heavy (non-hydrogen) atoms. The normalized spacial score (nSPS) is 17.0. The molecular formula is C16H28N4O2S. The van der Waals surface area contributed by atoms with Crippen LogP contribution >= 0.6 is 0 Å². The number of aryl methyl sites for hydroxylation is 2. The molecule has 1 aromatic heterocycles. The highest BCUT2D eigenvalue weighted by Gasteiger charge is 2.24. The fourth-order valence-electron chi connectivity index (χ4n) is 3.07. The molecule has 0 aromatic carbocycles. The molecule has 1 N–H and O–H groups in total. The van der Waals surface area contributed by atoms with E-state index < -0.39 is 10.0 Å². The number of aromatic nitrogens is 2. The summed E-state index contributed by atoms with van der Waals surface area (Å²) in [5.41, 5.74) is 3.35. The number of nitrogens with one attached hydrogen (secondary N) is 1. The first-order valence-electron chi connectivity index (χ1n) is 8.22. The van der Waals surface area contributed by atoms with Crippen molar-refractivity contribution in [3.05, 3.63) is 17.0 Å². The van der Waals surface area contributed by atoms with Crippen molar-refractivity contribution in [2.45, 2.75) is 53.0 Å². The fourth-order valence-corrected chi connectivity index (χ4v) is 3.91. The number of piperidine rings is 1. The second-order valence-corrected chi connectivity index (χ2v) is 8.70. The van der Waals surface area contributed by atoms with Crippen LogP contribution in [0.25, 0.3) is 0 Å². The molecule has 6 nitrogen and oxygen atoms in total. The minimum atomic E-state index is -3.14. The zero-order valence-corrected chi connectivity index (χ0v) is 15.6. The molecule has 2 heterocycles. The van der Waals surface area contributed by atoms with E-state index in [9.17, 15) is 8.42 Å². The van der Waals surface area contributed by atoms with Crippen molar-refractivity contribution in [3.8, 4) is 0 Å². The fraction of sp³-hybridized carbons (Fsp3) is 0.750. The van der Waals surface area contributed by atoms with Gasteiger partial charge in [0.15, 0.2) is 0 Å². The molecule has 0 radical (unpaired) electrons. The van der Waals surface area contributed by atoms with Gasteiger partial charge in [0, 0.05) is 30.5 Å². The zero-order valence-electron chi connectivity index (χ0n) is 14.8. The Bertz CT molecular complexity index is 627. The monoisotopic (exact) mass is 340 g/mol. The van der Waals surface area contributed by atoms with E-state index in [4.69, 9.17) is 0 Å². The van der Waals surface area contributed by atoms with Gasteiger partial charge in [0.2, 0.25) is 16.0 Å². The van der Waals surface area contributed by atoms with Crippen LogP contribution in [0.1, 0.15) is 43.6 Å². The van der Waals surface area contributed by atoms with E-state index in [2.05, 4.69) is 33.4 Å². The van der Waals surface area contributed by atoms with Crippen LogP contribution in [0.2, 0.25) is 0 Å². The molecule has 0 unspecified atom stereocenters. The molecule has 1 aliphatic rings. The van der Waals surface area contributed by atoms with Gasteiger partial charge in [0.25, 0.3) is 0 Å². The van der Waals surface area contributed by atoms with Crippen LogP contribution in [0.5, 0.6) is 0 Å². The second kappa shape index (κ2) is 7.13. The average molecular weight is 340 g/mol. The number of hydrogen-bond donors (Lipinski definition) is 1. The van der Waals surface area contributed by atoms with E-state index in [-0.39, 0.29) is 6.04 Å². The second-order valence-electron chi connectivity index (χ2n) is 6.92. The van der Waals surface area contributed by atoms with Gasteiger partial charge in [-0.3, -0.25) is 0 Å². The quantitative estimate of drug-likeness (QED) is 0.885. The largest absolute Gasteiger partial charge is 0.341 e. The van der Waals surface area contributed by atoms with Gasteiger partial charge < -0.3 is 4.90 Å². The Kier molecular flexibility index (Phi) is 5.62. The van der Waals surface area contributed by atoms with E-state index in [1.807, 2.05) is 13.8 Å². The summed E-state index contributed by atoms with van der Waals surface area (Å²) in [4.78, 5) is 11.5. The summed E-state index contributed by atoms with van der Waals surface area (Å²) in [6.07, 6.45) is 3.77. The Morgan fingerprint density at radius 1 is 1.17 bits per heavy atom. The summed E-state index contributed by atoms with van der Waals surface area (Å²) in [6.45, 7) is 10.0. The summed E-state index contributed by atoms with van der Waals surface area (Å²) >= 11 is 0. The molecule has 0 bridgehead atoms. The van der Waals surface area contributed by atoms with Crippen molar-refractivity contribution < 1.29 is 8.42 Å². The van der Waals surface area contributed by atoms with E-state index in [0.717, 1.165) is 49.7 Å². The van der Waals surface area contributed by atoms with Gasteiger partial charge in [0.05, 0.1) is 6.26 Å². The highest BCUT2D eigenvalue weighted by Crippen LogP contribution is 2.21. The lowest BCUT2D eigenvalue weighted by molar-refractivity contribution is 0.457. The van der Waals surface area contributed by atoms with Crippen molar-refractivity contribution in [2.24, 2.45) is 5.92 Å². The van der Waals surface area contributed by atoms with Gasteiger partial charge in [-0.05, 0) is 44.6 Å². The molecule has 1 saturated heterocycles. The van der Waals surface area contributed by atoms with Crippen LogP contribution in [-0.2, 0) is 16.4 Å². The number of anilines is 1. The van der Waals surface area contributed by atoms with Gasteiger partial charge in [-0.2, -0.15) is 0 Å². The van der Waals surface area contributed by atoms with Crippen molar-refractivity contribution in [1.29, 1.82) is 0 Å². The average Bonchev–Trinajstić information content (AvgIpc) is 2.41. The van der Waals surface area contributed by atoms with E-state index >= 15 is 0 Å². The molecule has 130 valence electrons. The summed E-state index contributed by atoms with van der Waals surface area (Å²) in [7, 11) is -3.14. The van der Waals surface area contributed by atoms with Gasteiger partial charge >= 0.3 is 0 Å². The molecule has 0 aliphatic carbocycles. The van der Waals surface area contributed by atoms with E-state index in [1.165, 1.54) is 11.8 Å². The van der Waals surface area contributed by atoms with Crippen molar-refractivity contribution >= 4 is 16.0 Å². The first kappa shape index (κ1) is 18.1. The Morgan fingerprint density at radius 2 is 1.70 bits per heavy atom. The number of rotatable bonds is 5. The molecule has 1 aromatic rings. The maximum Gasteiger partial charge on any atom is 0.225 e. The van der Waals surface area contributed by atoms with Crippen LogP contribution in [0.4, 0.5) is 5.95 Å². The maximum absolute atomic E-state index is 11.3. The molecule has 0 atom stereocenters. The van der Waals surface area contributed by atoms with Crippen LogP contribution in [0.15, 0.2) is 0 Å². The summed E-state index contributed by atoms with van der Waals surface area (Å²) in [6, 6.07) is 0.0173. The van der Waals surface area contributed by atoms with Gasteiger partial charge in [-0.15, -0.1) is 0 Å². The number of sulfonamides is 1. The third-order valence-electron chi connectivity index (χ3n) is 4.18.